The second-order valence-corrected chi connectivity index (χ2v) is 8.22. The third kappa shape index (κ3) is 11.8. The SMILES string of the molecule is NC(=O)CN(CCOCCOCCN(CC(N)=O)Cc1cccc(C(=O)O)n1)Cc1cccc(C(=O)O)n1. The van der Waals surface area contributed by atoms with E-state index in [0.717, 1.165) is 0 Å². The minimum atomic E-state index is -1.14. The molecule has 2 rings (SSSR count). The molecule has 14 heteroatoms. The average molecular weight is 533 g/mol. The minimum Gasteiger partial charge on any atom is -0.477 e. The molecule has 0 unspecified atom stereocenters. The highest BCUT2D eigenvalue weighted by atomic mass is 16.5. The molecule has 206 valence electrons. The van der Waals surface area contributed by atoms with Gasteiger partial charge in [-0.05, 0) is 24.3 Å². The highest BCUT2D eigenvalue weighted by Crippen LogP contribution is 2.06. The molecular formula is C24H32N6O8. The largest absolute Gasteiger partial charge is 0.477 e. The predicted octanol–water partition coefficient (Wildman–Crippen LogP) is -0.819. The molecule has 2 aromatic rings. The Labute approximate surface area is 219 Å². The monoisotopic (exact) mass is 532 g/mol. The summed E-state index contributed by atoms with van der Waals surface area (Å²) in [6.07, 6.45) is 0. The van der Waals surface area contributed by atoms with Crippen LogP contribution in [0.1, 0.15) is 32.4 Å². The number of rotatable bonds is 19. The molecule has 2 aromatic heterocycles. The number of nitrogens with zero attached hydrogens (tertiary/aromatic N) is 4. The molecule has 0 aliphatic rings. The quantitative estimate of drug-likeness (QED) is 0.163. The molecule has 38 heavy (non-hydrogen) atoms. The molecule has 2 heterocycles. The summed E-state index contributed by atoms with van der Waals surface area (Å²) in [6, 6.07) is 9.25. The normalized spacial score (nSPS) is 11.1. The number of aromatic nitrogens is 2. The van der Waals surface area contributed by atoms with Crippen LogP contribution in [0.25, 0.3) is 0 Å². The Morgan fingerprint density at radius 3 is 1.42 bits per heavy atom. The van der Waals surface area contributed by atoms with Gasteiger partial charge in [-0.1, -0.05) is 12.1 Å². The number of carboxylic acid groups (broad SMARTS) is 2. The molecule has 0 saturated carbocycles. The Morgan fingerprint density at radius 1 is 0.684 bits per heavy atom. The lowest BCUT2D eigenvalue weighted by atomic mass is 10.2. The second-order valence-electron chi connectivity index (χ2n) is 8.22. The summed E-state index contributed by atoms with van der Waals surface area (Å²) in [7, 11) is 0. The van der Waals surface area contributed by atoms with Gasteiger partial charge in [0.1, 0.15) is 11.4 Å². The van der Waals surface area contributed by atoms with Gasteiger partial charge in [-0.3, -0.25) is 19.4 Å². The lowest BCUT2D eigenvalue weighted by molar-refractivity contribution is -0.120. The number of ether oxygens (including phenoxy) is 2. The molecule has 0 aliphatic carbocycles. The zero-order chi connectivity index (χ0) is 27.9. The smallest absolute Gasteiger partial charge is 0.354 e. The number of nitrogens with two attached hydrogens (primary N) is 2. The van der Waals surface area contributed by atoms with Crippen molar-refractivity contribution >= 4 is 23.8 Å². The lowest BCUT2D eigenvalue weighted by Gasteiger charge is -2.21. The number of carboxylic acids is 2. The zero-order valence-corrected chi connectivity index (χ0v) is 20.8. The summed E-state index contributed by atoms with van der Waals surface area (Å²) >= 11 is 0. The van der Waals surface area contributed by atoms with Crippen LogP contribution in [0.2, 0.25) is 0 Å². The van der Waals surface area contributed by atoms with E-state index in [9.17, 15) is 19.2 Å². The van der Waals surface area contributed by atoms with Crippen molar-refractivity contribution in [2.45, 2.75) is 13.1 Å². The third-order valence-electron chi connectivity index (χ3n) is 5.06. The van der Waals surface area contributed by atoms with Crippen LogP contribution in [0.5, 0.6) is 0 Å². The fourth-order valence-electron chi connectivity index (χ4n) is 3.41. The van der Waals surface area contributed by atoms with Gasteiger partial charge < -0.3 is 31.2 Å². The van der Waals surface area contributed by atoms with E-state index in [1.807, 2.05) is 0 Å². The second kappa shape index (κ2) is 16.0. The van der Waals surface area contributed by atoms with Crippen LogP contribution in [-0.4, -0.2) is 106 Å². The van der Waals surface area contributed by atoms with E-state index >= 15 is 0 Å². The Hall–Kier alpha value is -3.98. The molecule has 2 amide bonds. The van der Waals surface area contributed by atoms with Crippen LogP contribution in [0.3, 0.4) is 0 Å². The van der Waals surface area contributed by atoms with Crippen LogP contribution < -0.4 is 11.5 Å². The van der Waals surface area contributed by atoms with E-state index < -0.39 is 23.8 Å². The van der Waals surface area contributed by atoms with Crippen molar-refractivity contribution in [3.63, 3.8) is 0 Å². The summed E-state index contributed by atoms with van der Waals surface area (Å²) < 4.78 is 11.1. The topological polar surface area (TPSA) is 212 Å². The van der Waals surface area contributed by atoms with Crippen molar-refractivity contribution in [3.8, 4) is 0 Å². The van der Waals surface area contributed by atoms with E-state index in [0.29, 0.717) is 24.5 Å². The van der Waals surface area contributed by atoms with Gasteiger partial charge in [0, 0.05) is 26.2 Å². The number of aromatic carboxylic acids is 2. The number of primary amides is 2. The first kappa shape index (κ1) is 30.2. The Balaban J connectivity index is 1.72. The van der Waals surface area contributed by atoms with Gasteiger partial charge >= 0.3 is 11.9 Å². The molecule has 0 bridgehead atoms. The minimum absolute atomic E-state index is 0.0429. The average Bonchev–Trinajstić information content (AvgIpc) is 2.85. The number of hydrogen-bond donors (Lipinski definition) is 4. The van der Waals surface area contributed by atoms with E-state index in [-0.39, 0.29) is 64.0 Å². The number of carbonyl (C=O) groups excluding carboxylic acids is 2. The molecule has 0 spiro atoms. The maximum absolute atomic E-state index is 11.4. The van der Waals surface area contributed by atoms with Crippen LogP contribution in [0.15, 0.2) is 36.4 Å². The Morgan fingerprint density at radius 2 is 1.08 bits per heavy atom. The van der Waals surface area contributed by atoms with Gasteiger partial charge in [0.2, 0.25) is 11.8 Å². The number of amides is 2. The summed E-state index contributed by atoms with van der Waals surface area (Å²) in [5.41, 5.74) is 11.4. The van der Waals surface area contributed by atoms with Crippen molar-refractivity contribution < 1.29 is 38.9 Å². The molecule has 14 nitrogen and oxygen atoms in total. The van der Waals surface area contributed by atoms with Gasteiger partial charge in [0.15, 0.2) is 0 Å². The molecule has 0 fully saturated rings. The number of pyridine rings is 2. The highest BCUT2D eigenvalue weighted by Gasteiger charge is 2.14. The van der Waals surface area contributed by atoms with Crippen molar-refractivity contribution in [1.29, 1.82) is 0 Å². The van der Waals surface area contributed by atoms with Crippen molar-refractivity contribution in [1.82, 2.24) is 19.8 Å². The van der Waals surface area contributed by atoms with Crippen LogP contribution in [-0.2, 0) is 32.2 Å². The highest BCUT2D eigenvalue weighted by molar-refractivity contribution is 5.85. The molecular weight excluding hydrogens is 500 g/mol. The molecule has 0 saturated heterocycles. The lowest BCUT2D eigenvalue weighted by Crippen LogP contribution is -2.36. The van der Waals surface area contributed by atoms with Gasteiger partial charge in [-0.25, -0.2) is 19.6 Å². The first-order valence-corrected chi connectivity index (χ1v) is 11.7. The van der Waals surface area contributed by atoms with E-state index in [4.69, 9.17) is 31.2 Å². The van der Waals surface area contributed by atoms with Gasteiger partial charge in [0.05, 0.1) is 50.9 Å². The van der Waals surface area contributed by atoms with E-state index in [1.54, 1.807) is 34.1 Å². The molecule has 0 atom stereocenters. The zero-order valence-electron chi connectivity index (χ0n) is 20.8. The van der Waals surface area contributed by atoms with Crippen LogP contribution in [0.4, 0.5) is 0 Å². The summed E-state index contributed by atoms with van der Waals surface area (Å²) in [6.45, 7) is 2.17. The van der Waals surface area contributed by atoms with Crippen molar-refractivity contribution in [3.05, 3.63) is 59.2 Å². The maximum atomic E-state index is 11.4. The first-order chi connectivity index (χ1) is 18.1. The first-order valence-electron chi connectivity index (χ1n) is 11.7. The van der Waals surface area contributed by atoms with Crippen LogP contribution in [0, 0.1) is 0 Å². The Kier molecular flexibility index (Phi) is 12.7. The van der Waals surface area contributed by atoms with E-state index in [1.165, 1.54) is 12.1 Å². The summed E-state index contributed by atoms with van der Waals surface area (Å²) in [5, 5.41) is 18.2. The van der Waals surface area contributed by atoms with Crippen LogP contribution >= 0.6 is 0 Å². The molecule has 6 N–H and O–H groups in total. The summed E-state index contributed by atoms with van der Waals surface area (Å²) in [5.74, 6) is -3.35. The van der Waals surface area contributed by atoms with Gasteiger partial charge in [-0.2, -0.15) is 0 Å². The number of hydrogen-bond acceptors (Lipinski definition) is 10. The fourth-order valence-corrected chi connectivity index (χ4v) is 3.41. The fraction of sp³-hybridized carbons (Fsp3) is 0.417. The molecule has 0 aliphatic heterocycles. The van der Waals surface area contributed by atoms with Crippen molar-refractivity contribution in [2.24, 2.45) is 11.5 Å². The Bertz CT molecular complexity index is 1010. The predicted molar refractivity (Wildman–Crippen MR) is 133 cm³/mol. The van der Waals surface area contributed by atoms with Gasteiger partial charge in [-0.15, -0.1) is 0 Å². The number of carbonyl (C=O) groups is 4. The summed E-state index contributed by atoms with van der Waals surface area (Å²) in [4.78, 5) is 56.5. The van der Waals surface area contributed by atoms with Gasteiger partial charge in [0.25, 0.3) is 0 Å². The molecule has 0 aromatic carbocycles. The van der Waals surface area contributed by atoms with E-state index in [2.05, 4.69) is 9.97 Å². The third-order valence-corrected chi connectivity index (χ3v) is 5.06. The standard InChI is InChI=1S/C24H32N6O8/c25-21(31)15-29(13-17-3-1-5-19(27-17)23(33)34)7-9-37-11-12-38-10-8-30(16-22(26)32)14-18-4-2-6-20(28-18)24(35)36/h1-6H,7-16H2,(H2,25,31)(H2,26,32)(H,33,34)(H,35,36). The van der Waals surface area contributed by atoms with Crippen molar-refractivity contribution in [2.75, 3.05) is 52.6 Å². The molecule has 0 radical (unpaired) electrons. The maximum Gasteiger partial charge on any atom is 0.354 e.